The van der Waals surface area contributed by atoms with Crippen LogP contribution in [0.15, 0.2) is 0 Å². The van der Waals surface area contributed by atoms with Gasteiger partial charge in [0.15, 0.2) is 5.69 Å². The molecule has 0 fully saturated rings. The van der Waals surface area contributed by atoms with Gasteiger partial charge in [-0.25, -0.2) is 14.8 Å². The normalized spacial score (nSPS) is 13.8. The summed E-state index contributed by atoms with van der Waals surface area (Å²) < 4.78 is 4.69. The van der Waals surface area contributed by atoms with Gasteiger partial charge in [-0.15, -0.1) is 0 Å². The molecule has 1 aromatic rings. The number of hydrogen-bond acceptors (Lipinski definition) is 6. The molecular weight excluding hydrogens is 236 g/mol. The van der Waals surface area contributed by atoms with Crippen LogP contribution in [-0.2, 0) is 28.9 Å². The summed E-state index contributed by atoms with van der Waals surface area (Å²) in [7, 11) is 1.29. The quantitative estimate of drug-likeness (QED) is 0.662. The number of ether oxygens (including phenoxy) is 1. The molecule has 0 aliphatic carbocycles. The Bertz CT molecular complexity index is 501. The van der Waals surface area contributed by atoms with Crippen molar-refractivity contribution in [3.05, 3.63) is 22.8 Å². The van der Waals surface area contributed by atoms with Crippen LogP contribution in [0.5, 0.6) is 0 Å². The maximum absolute atomic E-state index is 11.7. The van der Waals surface area contributed by atoms with Crippen LogP contribution in [-0.4, -0.2) is 35.5 Å². The number of hydrogen-bond donors (Lipinski definition) is 2. The summed E-state index contributed by atoms with van der Waals surface area (Å²) in [6, 6.07) is 0. The van der Waals surface area contributed by atoms with E-state index in [9.17, 15) is 9.59 Å². The largest absolute Gasteiger partial charge is 0.464 e. The van der Waals surface area contributed by atoms with Gasteiger partial charge in [0.1, 0.15) is 5.82 Å². The average molecular weight is 250 g/mol. The number of carbonyl (C=O) groups excluding carboxylic acids is 2. The first-order valence-electron chi connectivity index (χ1n) is 5.58. The van der Waals surface area contributed by atoms with Crippen LogP contribution >= 0.6 is 0 Å². The van der Waals surface area contributed by atoms with Crippen LogP contribution in [0, 0.1) is 0 Å². The molecular formula is C11H14N4O3. The number of primary amides is 1. The van der Waals surface area contributed by atoms with Crippen molar-refractivity contribution in [2.45, 2.75) is 19.4 Å². The maximum atomic E-state index is 11.7. The van der Waals surface area contributed by atoms with Gasteiger partial charge in [0.2, 0.25) is 5.91 Å². The first kappa shape index (κ1) is 12.4. The Kier molecular flexibility index (Phi) is 3.52. The Balaban J connectivity index is 2.47. The average Bonchev–Trinajstić information content (AvgIpc) is 2.36. The number of esters is 1. The summed E-state index contributed by atoms with van der Waals surface area (Å²) in [5, 5.41) is 3.14. The van der Waals surface area contributed by atoms with Crippen LogP contribution in [0.25, 0.3) is 0 Å². The van der Waals surface area contributed by atoms with E-state index in [1.54, 1.807) is 0 Å². The third-order valence-electron chi connectivity index (χ3n) is 2.69. The Labute approximate surface area is 104 Å². The standard InChI is InChI=1S/C11H14N4O3/c1-18-11(17)10-6-5-13-3-2-7(6)14-9(15-10)4-8(12)16/h13H,2-5H2,1H3,(H2,12,16). The van der Waals surface area contributed by atoms with Crippen LogP contribution < -0.4 is 11.1 Å². The van der Waals surface area contributed by atoms with E-state index in [1.165, 1.54) is 7.11 Å². The van der Waals surface area contributed by atoms with Crippen molar-refractivity contribution in [3.63, 3.8) is 0 Å². The minimum atomic E-state index is -0.528. The van der Waals surface area contributed by atoms with Gasteiger partial charge < -0.3 is 15.8 Å². The molecule has 2 rings (SSSR count). The number of nitrogens with zero attached hydrogens (tertiary/aromatic N) is 2. The first-order chi connectivity index (χ1) is 8.61. The van der Waals surface area contributed by atoms with Crippen molar-refractivity contribution in [1.29, 1.82) is 0 Å². The van der Waals surface area contributed by atoms with Crippen molar-refractivity contribution in [1.82, 2.24) is 15.3 Å². The van der Waals surface area contributed by atoms with E-state index in [0.29, 0.717) is 13.0 Å². The molecule has 1 amide bonds. The lowest BCUT2D eigenvalue weighted by molar-refractivity contribution is -0.117. The molecule has 0 atom stereocenters. The molecule has 0 saturated carbocycles. The van der Waals surface area contributed by atoms with Crippen LogP contribution in [0.1, 0.15) is 27.6 Å². The number of carbonyl (C=O) groups is 2. The molecule has 0 saturated heterocycles. The van der Waals surface area contributed by atoms with Gasteiger partial charge in [-0.2, -0.15) is 0 Å². The van der Waals surface area contributed by atoms with Crippen LogP contribution in [0.2, 0.25) is 0 Å². The minimum Gasteiger partial charge on any atom is -0.464 e. The molecule has 7 heteroatoms. The van der Waals surface area contributed by atoms with E-state index in [1.807, 2.05) is 0 Å². The fourth-order valence-electron chi connectivity index (χ4n) is 1.89. The molecule has 3 N–H and O–H groups in total. The zero-order valence-electron chi connectivity index (χ0n) is 10.0. The van der Waals surface area contributed by atoms with Gasteiger partial charge in [-0.1, -0.05) is 0 Å². The number of amides is 1. The van der Waals surface area contributed by atoms with Gasteiger partial charge in [0.25, 0.3) is 0 Å². The Morgan fingerprint density at radius 3 is 2.89 bits per heavy atom. The van der Waals surface area contributed by atoms with E-state index >= 15 is 0 Å². The highest BCUT2D eigenvalue weighted by atomic mass is 16.5. The minimum absolute atomic E-state index is 0.0787. The second-order valence-electron chi connectivity index (χ2n) is 3.98. The fraction of sp³-hybridized carbons (Fsp3) is 0.455. The van der Waals surface area contributed by atoms with E-state index in [0.717, 1.165) is 17.8 Å². The summed E-state index contributed by atoms with van der Waals surface area (Å²) in [5.74, 6) is -0.786. The number of nitrogens with two attached hydrogens (primary N) is 1. The highest BCUT2D eigenvalue weighted by Gasteiger charge is 2.22. The lowest BCUT2D eigenvalue weighted by atomic mass is 10.0. The highest BCUT2D eigenvalue weighted by molar-refractivity contribution is 5.89. The van der Waals surface area contributed by atoms with E-state index < -0.39 is 11.9 Å². The Hall–Kier alpha value is -2.02. The Morgan fingerprint density at radius 1 is 1.44 bits per heavy atom. The molecule has 1 aromatic heterocycles. The summed E-state index contributed by atoms with van der Waals surface area (Å²) in [6.45, 7) is 1.30. The van der Waals surface area contributed by atoms with Crippen LogP contribution in [0.3, 0.4) is 0 Å². The van der Waals surface area contributed by atoms with Crippen molar-refractivity contribution in [2.24, 2.45) is 5.73 Å². The number of rotatable bonds is 3. The lowest BCUT2D eigenvalue weighted by Crippen LogP contribution is -2.29. The molecule has 0 bridgehead atoms. The SMILES string of the molecule is COC(=O)c1nc(CC(N)=O)nc2c1CNCC2. The third kappa shape index (κ3) is 2.45. The van der Waals surface area contributed by atoms with E-state index in [-0.39, 0.29) is 17.9 Å². The molecule has 96 valence electrons. The molecule has 1 aliphatic heterocycles. The molecule has 18 heavy (non-hydrogen) atoms. The third-order valence-corrected chi connectivity index (χ3v) is 2.69. The maximum Gasteiger partial charge on any atom is 0.357 e. The molecule has 0 aromatic carbocycles. The molecule has 1 aliphatic rings. The zero-order valence-corrected chi connectivity index (χ0v) is 10.0. The number of methoxy groups -OCH3 is 1. The molecule has 0 unspecified atom stereocenters. The summed E-state index contributed by atoms with van der Waals surface area (Å²) >= 11 is 0. The van der Waals surface area contributed by atoms with Gasteiger partial charge in [-0.05, 0) is 0 Å². The summed E-state index contributed by atoms with van der Waals surface area (Å²) in [6.07, 6.45) is 0.609. The van der Waals surface area contributed by atoms with Crippen molar-refractivity contribution in [2.75, 3.05) is 13.7 Å². The number of nitrogens with one attached hydrogen (secondary N) is 1. The van der Waals surface area contributed by atoms with E-state index in [2.05, 4.69) is 20.0 Å². The second kappa shape index (κ2) is 5.09. The molecule has 7 nitrogen and oxygen atoms in total. The molecule has 0 spiro atoms. The highest BCUT2D eigenvalue weighted by Crippen LogP contribution is 2.16. The second-order valence-corrected chi connectivity index (χ2v) is 3.98. The van der Waals surface area contributed by atoms with Gasteiger partial charge in [0.05, 0.1) is 19.2 Å². The zero-order chi connectivity index (χ0) is 13.1. The van der Waals surface area contributed by atoms with Crippen molar-refractivity contribution >= 4 is 11.9 Å². The predicted octanol–water partition coefficient (Wildman–Crippen LogP) is -1.06. The monoisotopic (exact) mass is 250 g/mol. The molecule has 2 heterocycles. The lowest BCUT2D eigenvalue weighted by Gasteiger charge is -2.18. The molecule has 0 radical (unpaired) electrons. The van der Waals surface area contributed by atoms with Crippen molar-refractivity contribution < 1.29 is 14.3 Å². The first-order valence-corrected chi connectivity index (χ1v) is 5.58. The van der Waals surface area contributed by atoms with Gasteiger partial charge >= 0.3 is 5.97 Å². The van der Waals surface area contributed by atoms with Crippen molar-refractivity contribution in [3.8, 4) is 0 Å². The number of fused-ring (bicyclic) bond motifs is 1. The van der Waals surface area contributed by atoms with Gasteiger partial charge in [-0.3, -0.25) is 4.79 Å². The van der Waals surface area contributed by atoms with Gasteiger partial charge in [0, 0.05) is 25.1 Å². The van der Waals surface area contributed by atoms with E-state index in [4.69, 9.17) is 5.73 Å². The smallest absolute Gasteiger partial charge is 0.357 e. The topological polar surface area (TPSA) is 107 Å². The summed E-state index contributed by atoms with van der Waals surface area (Å²) in [5.41, 5.74) is 6.84. The fourth-order valence-corrected chi connectivity index (χ4v) is 1.89. The van der Waals surface area contributed by atoms with Crippen LogP contribution in [0.4, 0.5) is 0 Å². The summed E-state index contributed by atoms with van der Waals surface area (Å²) in [4.78, 5) is 30.9. The number of aromatic nitrogens is 2. The Morgan fingerprint density at radius 2 is 2.22 bits per heavy atom. The predicted molar refractivity (Wildman–Crippen MR) is 61.7 cm³/mol.